The molecule has 0 amide bonds. The SMILES string of the molecule is c1ccc(-c2ccc(-c3cccc(-c4ccc(-c5nc(-c6ccc7c(c6)oc6ccccc67)nc(-c6cccc7oc8ccccc8c67)n5)cc4)c3)cc2)cc1. The van der Waals surface area contributed by atoms with E-state index in [9.17, 15) is 0 Å². The van der Waals surface area contributed by atoms with Crippen molar-refractivity contribution >= 4 is 43.9 Å². The van der Waals surface area contributed by atoms with Crippen LogP contribution in [0.2, 0.25) is 0 Å². The molecular weight excluding hydrogens is 687 g/mol. The van der Waals surface area contributed by atoms with E-state index in [1.165, 1.54) is 22.3 Å². The zero-order chi connectivity index (χ0) is 37.0. The molecule has 0 N–H and O–H groups in total. The summed E-state index contributed by atoms with van der Waals surface area (Å²) in [6.07, 6.45) is 0. The van der Waals surface area contributed by atoms with Crippen LogP contribution in [0.25, 0.3) is 111 Å². The van der Waals surface area contributed by atoms with Gasteiger partial charge in [-0.05, 0) is 69.8 Å². The first-order chi connectivity index (χ1) is 27.7. The molecule has 11 aromatic rings. The number of nitrogens with zero attached hydrogens (tertiary/aromatic N) is 3. The lowest BCUT2D eigenvalue weighted by atomic mass is 9.97. The van der Waals surface area contributed by atoms with Gasteiger partial charge in [-0.25, -0.2) is 15.0 Å². The average molecular weight is 718 g/mol. The van der Waals surface area contributed by atoms with E-state index in [1.807, 2.05) is 60.7 Å². The number of furan rings is 2. The molecule has 0 fully saturated rings. The lowest BCUT2D eigenvalue weighted by Gasteiger charge is -2.10. The summed E-state index contributed by atoms with van der Waals surface area (Å²) in [4.78, 5) is 15.3. The number of aromatic nitrogens is 3. The molecule has 262 valence electrons. The van der Waals surface area contributed by atoms with Gasteiger partial charge in [-0.15, -0.1) is 0 Å². The molecule has 3 aromatic heterocycles. The van der Waals surface area contributed by atoms with Crippen molar-refractivity contribution in [3.8, 4) is 67.5 Å². The fraction of sp³-hybridized carbons (Fsp3) is 0. The highest BCUT2D eigenvalue weighted by molar-refractivity contribution is 6.12. The van der Waals surface area contributed by atoms with Crippen molar-refractivity contribution in [3.63, 3.8) is 0 Å². The summed E-state index contributed by atoms with van der Waals surface area (Å²) in [6.45, 7) is 0. The van der Waals surface area contributed by atoms with Crippen LogP contribution in [0, 0.1) is 0 Å². The van der Waals surface area contributed by atoms with Gasteiger partial charge in [0, 0.05) is 38.2 Å². The van der Waals surface area contributed by atoms with Crippen molar-refractivity contribution in [1.29, 1.82) is 0 Å². The highest BCUT2D eigenvalue weighted by Crippen LogP contribution is 2.38. The summed E-state index contributed by atoms with van der Waals surface area (Å²) < 4.78 is 12.5. The Labute approximate surface area is 322 Å². The van der Waals surface area contributed by atoms with Crippen molar-refractivity contribution < 1.29 is 8.83 Å². The Morgan fingerprint density at radius 1 is 0.268 bits per heavy atom. The maximum atomic E-state index is 6.27. The Morgan fingerprint density at radius 3 is 1.46 bits per heavy atom. The summed E-state index contributed by atoms with van der Waals surface area (Å²) >= 11 is 0. The van der Waals surface area contributed by atoms with Crippen molar-refractivity contribution in [2.24, 2.45) is 0 Å². The molecule has 56 heavy (non-hydrogen) atoms. The van der Waals surface area contributed by atoms with Crippen LogP contribution in [0.15, 0.2) is 197 Å². The highest BCUT2D eigenvalue weighted by atomic mass is 16.3. The van der Waals surface area contributed by atoms with E-state index in [1.54, 1.807) is 0 Å². The van der Waals surface area contributed by atoms with Crippen LogP contribution in [0.4, 0.5) is 0 Å². The fourth-order valence-electron chi connectivity index (χ4n) is 7.76. The van der Waals surface area contributed by atoms with E-state index in [2.05, 4.69) is 127 Å². The van der Waals surface area contributed by atoms with Crippen LogP contribution < -0.4 is 0 Å². The van der Waals surface area contributed by atoms with Gasteiger partial charge in [0.2, 0.25) is 0 Å². The van der Waals surface area contributed by atoms with Crippen LogP contribution in [-0.4, -0.2) is 15.0 Å². The Bertz CT molecular complexity index is 3230. The molecular formula is C51H31N3O2. The molecule has 5 heteroatoms. The summed E-state index contributed by atoms with van der Waals surface area (Å²) in [5, 5.41) is 4.13. The van der Waals surface area contributed by atoms with Crippen LogP contribution in [0.1, 0.15) is 0 Å². The Hall–Kier alpha value is -7.63. The lowest BCUT2D eigenvalue weighted by molar-refractivity contribution is 0.668. The molecule has 0 saturated carbocycles. The predicted octanol–water partition coefficient (Wildman–Crippen LogP) is 13.7. The minimum atomic E-state index is 0.562. The van der Waals surface area contributed by atoms with Crippen LogP contribution in [-0.2, 0) is 0 Å². The number of benzene rings is 8. The molecule has 0 aliphatic carbocycles. The number of hydrogen-bond donors (Lipinski definition) is 0. The van der Waals surface area contributed by atoms with E-state index in [4.69, 9.17) is 23.8 Å². The van der Waals surface area contributed by atoms with E-state index in [-0.39, 0.29) is 0 Å². The first-order valence-electron chi connectivity index (χ1n) is 18.7. The molecule has 5 nitrogen and oxygen atoms in total. The van der Waals surface area contributed by atoms with Crippen molar-refractivity contribution in [1.82, 2.24) is 15.0 Å². The van der Waals surface area contributed by atoms with Crippen LogP contribution in [0.3, 0.4) is 0 Å². The molecule has 0 radical (unpaired) electrons. The molecule has 0 aliphatic rings. The highest BCUT2D eigenvalue weighted by Gasteiger charge is 2.19. The van der Waals surface area contributed by atoms with Crippen molar-refractivity contribution in [2.45, 2.75) is 0 Å². The Morgan fingerprint density at radius 2 is 0.732 bits per heavy atom. The molecule has 11 rings (SSSR count). The van der Waals surface area contributed by atoms with Crippen LogP contribution in [0.5, 0.6) is 0 Å². The smallest absolute Gasteiger partial charge is 0.164 e. The van der Waals surface area contributed by atoms with E-state index >= 15 is 0 Å². The van der Waals surface area contributed by atoms with Gasteiger partial charge in [0.05, 0.1) is 0 Å². The molecule has 0 atom stereocenters. The third kappa shape index (κ3) is 5.53. The fourth-order valence-corrected chi connectivity index (χ4v) is 7.76. The third-order valence-electron chi connectivity index (χ3n) is 10.6. The minimum Gasteiger partial charge on any atom is -0.456 e. The topological polar surface area (TPSA) is 65.0 Å². The molecule has 8 aromatic carbocycles. The van der Waals surface area contributed by atoms with Gasteiger partial charge < -0.3 is 8.83 Å². The number of para-hydroxylation sites is 2. The van der Waals surface area contributed by atoms with Crippen molar-refractivity contribution in [3.05, 3.63) is 188 Å². The monoisotopic (exact) mass is 717 g/mol. The minimum absolute atomic E-state index is 0.562. The van der Waals surface area contributed by atoms with Gasteiger partial charge in [0.15, 0.2) is 17.5 Å². The summed E-state index contributed by atoms with van der Waals surface area (Å²) in [5.41, 5.74) is 12.9. The lowest BCUT2D eigenvalue weighted by Crippen LogP contribution is -2.00. The summed E-state index contributed by atoms with van der Waals surface area (Å²) in [7, 11) is 0. The second kappa shape index (κ2) is 13.0. The number of hydrogen-bond acceptors (Lipinski definition) is 5. The molecule has 0 bridgehead atoms. The number of rotatable bonds is 6. The first kappa shape index (κ1) is 31.9. The second-order valence-corrected chi connectivity index (χ2v) is 14.0. The zero-order valence-electron chi connectivity index (χ0n) is 30.1. The molecule has 0 saturated heterocycles. The maximum absolute atomic E-state index is 6.27. The quantitative estimate of drug-likeness (QED) is 0.171. The molecule has 0 aliphatic heterocycles. The third-order valence-corrected chi connectivity index (χ3v) is 10.6. The van der Waals surface area contributed by atoms with Crippen LogP contribution >= 0.6 is 0 Å². The molecule has 3 heterocycles. The first-order valence-corrected chi connectivity index (χ1v) is 18.7. The van der Waals surface area contributed by atoms with Crippen molar-refractivity contribution in [2.75, 3.05) is 0 Å². The summed E-state index contributed by atoms with van der Waals surface area (Å²) in [5.74, 6) is 1.72. The average Bonchev–Trinajstić information content (AvgIpc) is 3.85. The molecule has 0 unspecified atom stereocenters. The van der Waals surface area contributed by atoms with Gasteiger partial charge >= 0.3 is 0 Å². The van der Waals surface area contributed by atoms with Gasteiger partial charge in [-0.3, -0.25) is 0 Å². The van der Waals surface area contributed by atoms with Gasteiger partial charge in [0.1, 0.15) is 22.3 Å². The maximum Gasteiger partial charge on any atom is 0.164 e. The Kier molecular flexibility index (Phi) is 7.42. The zero-order valence-corrected chi connectivity index (χ0v) is 30.1. The van der Waals surface area contributed by atoms with Gasteiger partial charge in [0.25, 0.3) is 0 Å². The largest absolute Gasteiger partial charge is 0.456 e. The molecule has 0 spiro atoms. The number of fused-ring (bicyclic) bond motifs is 6. The predicted molar refractivity (Wildman–Crippen MR) is 227 cm³/mol. The van der Waals surface area contributed by atoms with E-state index in [0.717, 1.165) is 71.7 Å². The van der Waals surface area contributed by atoms with Gasteiger partial charge in [-0.2, -0.15) is 0 Å². The summed E-state index contributed by atoms with van der Waals surface area (Å²) in [6, 6.07) is 64.8. The Balaban J connectivity index is 0.996. The van der Waals surface area contributed by atoms with E-state index in [0.29, 0.717) is 17.5 Å². The second-order valence-electron chi connectivity index (χ2n) is 14.0. The van der Waals surface area contributed by atoms with Gasteiger partial charge in [-0.1, -0.05) is 152 Å². The standard InChI is InChI=1S/C51H31N3O2/c1-2-10-32(11-3-1)33-20-22-34(23-21-33)37-12-8-13-38(30-37)35-24-26-36(27-25-35)49-52-50(39-28-29-41-40-14-4-6-17-44(40)56-47(41)31-39)54-51(53-49)43-16-9-19-46-48(43)42-15-5-7-18-45(42)55-46/h1-31H. The van der Waals surface area contributed by atoms with E-state index < -0.39 is 0 Å². The normalized spacial score (nSPS) is 11.6.